The SMILES string of the molecule is COc1ccc(-c2ccc(CCCNc3ccc(C#N)cc3)nn2)cc1. The average molecular weight is 344 g/mol. The van der Waals surface area contributed by atoms with E-state index in [0.717, 1.165) is 47.8 Å². The van der Waals surface area contributed by atoms with Gasteiger partial charge in [0, 0.05) is 17.8 Å². The molecule has 5 heteroatoms. The smallest absolute Gasteiger partial charge is 0.118 e. The van der Waals surface area contributed by atoms with Gasteiger partial charge in [0.05, 0.1) is 30.1 Å². The maximum absolute atomic E-state index is 8.80. The van der Waals surface area contributed by atoms with E-state index in [4.69, 9.17) is 10.00 Å². The van der Waals surface area contributed by atoms with Crippen molar-refractivity contribution in [2.24, 2.45) is 0 Å². The molecule has 26 heavy (non-hydrogen) atoms. The number of hydrogen-bond donors (Lipinski definition) is 1. The van der Waals surface area contributed by atoms with Crippen molar-refractivity contribution in [1.29, 1.82) is 5.26 Å². The summed E-state index contributed by atoms with van der Waals surface area (Å²) >= 11 is 0. The molecule has 0 fully saturated rings. The van der Waals surface area contributed by atoms with Crippen molar-refractivity contribution in [1.82, 2.24) is 10.2 Å². The van der Waals surface area contributed by atoms with Gasteiger partial charge in [0.1, 0.15) is 5.75 Å². The second-order valence-corrected chi connectivity index (χ2v) is 5.86. The summed E-state index contributed by atoms with van der Waals surface area (Å²) in [6.45, 7) is 0.841. The minimum Gasteiger partial charge on any atom is -0.497 e. The molecule has 1 heterocycles. The Morgan fingerprint density at radius 3 is 2.35 bits per heavy atom. The zero-order chi connectivity index (χ0) is 18.2. The van der Waals surface area contributed by atoms with Gasteiger partial charge in [0.2, 0.25) is 0 Å². The van der Waals surface area contributed by atoms with Crippen LogP contribution < -0.4 is 10.1 Å². The van der Waals surface area contributed by atoms with Gasteiger partial charge in [0.15, 0.2) is 0 Å². The first kappa shape index (κ1) is 17.4. The van der Waals surface area contributed by atoms with Crippen molar-refractivity contribution in [3.8, 4) is 23.1 Å². The summed E-state index contributed by atoms with van der Waals surface area (Å²) in [5.74, 6) is 0.827. The monoisotopic (exact) mass is 344 g/mol. The number of anilines is 1. The summed E-state index contributed by atoms with van der Waals surface area (Å²) < 4.78 is 5.17. The van der Waals surface area contributed by atoms with Crippen LogP contribution in [0, 0.1) is 11.3 Å². The van der Waals surface area contributed by atoms with Crippen LogP contribution in [0.25, 0.3) is 11.3 Å². The number of methoxy groups -OCH3 is 1. The van der Waals surface area contributed by atoms with E-state index < -0.39 is 0 Å². The number of nitrogens with one attached hydrogen (secondary N) is 1. The number of nitriles is 1. The van der Waals surface area contributed by atoms with Crippen LogP contribution in [0.15, 0.2) is 60.7 Å². The number of aryl methyl sites for hydroxylation is 1. The molecule has 0 aliphatic carbocycles. The average Bonchev–Trinajstić information content (AvgIpc) is 2.72. The number of nitrogens with zero attached hydrogens (tertiary/aromatic N) is 3. The van der Waals surface area contributed by atoms with Crippen LogP contribution in [0.1, 0.15) is 17.7 Å². The fraction of sp³-hybridized carbons (Fsp3) is 0.190. The highest BCUT2D eigenvalue weighted by atomic mass is 16.5. The number of aromatic nitrogens is 2. The Hall–Kier alpha value is -3.39. The molecule has 0 bridgehead atoms. The third kappa shape index (κ3) is 4.58. The van der Waals surface area contributed by atoms with Crippen LogP contribution in [0.4, 0.5) is 5.69 Å². The zero-order valence-corrected chi connectivity index (χ0v) is 14.6. The van der Waals surface area contributed by atoms with Gasteiger partial charge in [-0.15, -0.1) is 0 Å². The van der Waals surface area contributed by atoms with Gasteiger partial charge in [-0.05, 0) is 73.5 Å². The van der Waals surface area contributed by atoms with Crippen LogP contribution in [0.2, 0.25) is 0 Å². The fourth-order valence-electron chi connectivity index (χ4n) is 2.57. The third-order valence-corrected chi connectivity index (χ3v) is 4.06. The Labute approximate surface area is 153 Å². The predicted molar refractivity (Wildman–Crippen MR) is 102 cm³/mol. The molecule has 0 spiro atoms. The zero-order valence-electron chi connectivity index (χ0n) is 14.6. The van der Waals surface area contributed by atoms with E-state index in [1.807, 2.05) is 60.7 Å². The first-order chi connectivity index (χ1) is 12.8. The Bertz CT molecular complexity index is 866. The largest absolute Gasteiger partial charge is 0.497 e. The van der Waals surface area contributed by atoms with E-state index in [9.17, 15) is 0 Å². The number of benzene rings is 2. The first-order valence-electron chi connectivity index (χ1n) is 8.49. The third-order valence-electron chi connectivity index (χ3n) is 4.06. The lowest BCUT2D eigenvalue weighted by molar-refractivity contribution is 0.415. The van der Waals surface area contributed by atoms with Gasteiger partial charge in [-0.1, -0.05) is 0 Å². The molecule has 0 unspecified atom stereocenters. The number of rotatable bonds is 7. The van der Waals surface area contributed by atoms with E-state index in [-0.39, 0.29) is 0 Å². The van der Waals surface area contributed by atoms with E-state index in [0.29, 0.717) is 5.56 Å². The maximum Gasteiger partial charge on any atom is 0.118 e. The van der Waals surface area contributed by atoms with Gasteiger partial charge in [0.25, 0.3) is 0 Å². The molecule has 0 aliphatic rings. The van der Waals surface area contributed by atoms with Crippen molar-refractivity contribution in [2.45, 2.75) is 12.8 Å². The quantitative estimate of drug-likeness (QED) is 0.654. The van der Waals surface area contributed by atoms with Crippen molar-refractivity contribution < 1.29 is 4.74 Å². The number of ether oxygens (including phenoxy) is 1. The van der Waals surface area contributed by atoms with Crippen molar-refractivity contribution in [2.75, 3.05) is 19.0 Å². The molecule has 0 radical (unpaired) electrons. The molecule has 2 aromatic carbocycles. The van der Waals surface area contributed by atoms with Gasteiger partial charge in [-0.2, -0.15) is 15.5 Å². The minimum atomic E-state index is 0.669. The van der Waals surface area contributed by atoms with Crippen LogP contribution in [0.5, 0.6) is 5.75 Å². The van der Waals surface area contributed by atoms with Gasteiger partial charge >= 0.3 is 0 Å². The Kier molecular flexibility index (Phi) is 5.79. The van der Waals surface area contributed by atoms with Crippen molar-refractivity contribution in [3.05, 3.63) is 71.9 Å². The van der Waals surface area contributed by atoms with Crippen LogP contribution in [-0.2, 0) is 6.42 Å². The Balaban J connectivity index is 1.48. The highest BCUT2D eigenvalue weighted by Gasteiger charge is 2.02. The Morgan fingerprint density at radius 1 is 0.962 bits per heavy atom. The fourth-order valence-corrected chi connectivity index (χ4v) is 2.57. The summed E-state index contributed by atoms with van der Waals surface area (Å²) in [5, 5.41) is 20.8. The van der Waals surface area contributed by atoms with Crippen LogP contribution >= 0.6 is 0 Å². The summed E-state index contributed by atoms with van der Waals surface area (Å²) in [6, 6.07) is 21.4. The summed E-state index contributed by atoms with van der Waals surface area (Å²) in [6.07, 6.45) is 1.82. The minimum absolute atomic E-state index is 0.669. The number of hydrogen-bond acceptors (Lipinski definition) is 5. The lowest BCUT2D eigenvalue weighted by Gasteiger charge is -2.06. The molecule has 1 aromatic heterocycles. The molecule has 1 N–H and O–H groups in total. The first-order valence-corrected chi connectivity index (χ1v) is 8.49. The Morgan fingerprint density at radius 2 is 1.73 bits per heavy atom. The molecule has 0 atom stereocenters. The molecular weight excluding hydrogens is 324 g/mol. The summed E-state index contributed by atoms with van der Waals surface area (Å²) in [7, 11) is 1.65. The van der Waals surface area contributed by atoms with E-state index >= 15 is 0 Å². The molecule has 0 amide bonds. The topological polar surface area (TPSA) is 70.8 Å². The predicted octanol–water partition coefficient (Wildman–Crippen LogP) is 4.07. The van der Waals surface area contributed by atoms with E-state index in [2.05, 4.69) is 21.6 Å². The van der Waals surface area contributed by atoms with Gasteiger partial charge in [-0.3, -0.25) is 0 Å². The second-order valence-electron chi connectivity index (χ2n) is 5.86. The standard InChI is InChI=1S/C21H20N4O/c1-26-20-11-6-17(7-12-20)21-13-10-19(24-25-21)3-2-14-23-18-8-4-16(15-22)5-9-18/h4-13,23H,2-3,14H2,1H3. The maximum atomic E-state index is 8.80. The molecule has 130 valence electrons. The molecule has 3 aromatic rings. The molecular formula is C21H20N4O. The van der Waals surface area contributed by atoms with Crippen molar-refractivity contribution >= 4 is 5.69 Å². The molecule has 0 aliphatic heterocycles. The molecule has 0 saturated heterocycles. The lowest BCUT2D eigenvalue weighted by atomic mass is 10.1. The molecule has 5 nitrogen and oxygen atoms in total. The molecule has 3 rings (SSSR count). The van der Waals surface area contributed by atoms with E-state index in [1.54, 1.807) is 7.11 Å². The van der Waals surface area contributed by atoms with Crippen LogP contribution in [0.3, 0.4) is 0 Å². The lowest BCUT2D eigenvalue weighted by Crippen LogP contribution is -2.04. The summed E-state index contributed by atoms with van der Waals surface area (Å²) in [4.78, 5) is 0. The molecule has 0 saturated carbocycles. The van der Waals surface area contributed by atoms with Crippen molar-refractivity contribution in [3.63, 3.8) is 0 Å². The highest BCUT2D eigenvalue weighted by Crippen LogP contribution is 2.20. The van der Waals surface area contributed by atoms with Gasteiger partial charge < -0.3 is 10.1 Å². The van der Waals surface area contributed by atoms with Crippen LogP contribution in [-0.4, -0.2) is 23.9 Å². The van der Waals surface area contributed by atoms with E-state index in [1.165, 1.54) is 0 Å². The summed E-state index contributed by atoms with van der Waals surface area (Å²) in [5.41, 5.74) is 4.54. The normalized spacial score (nSPS) is 10.2. The van der Waals surface area contributed by atoms with Gasteiger partial charge in [-0.25, -0.2) is 0 Å². The highest BCUT2D eigenvalue weighted by molar-refractivity contribution is 5.59. The second kappa shape index (κ2) is 8.63.